The molecule has 0 saturated carbocycles. The van der Waals surface area contributed by atoms with Crippen molar-refractivity contribution >= 4 is 29.0 Å². The number of hydrogen-bond acceptors (Lipinski definition) is 2. The van der Waals surface area contributed by atoms with Crippen LogP contribution in [-0.4, -0.2) is 19.0 Å². The van der Waals surface area contributed by atoms with Crippen LogP contribution in [0.25, 0.3) is 0 Å². The summed E-state index contributed by atoms with van der Waals surface area (Å²) < 4.78 is 5.14. The Kier molecular flexibility index (Phi) is 5.09. The highest BCUT2D eigenvalue weighted by Crippen LogP contribution is 2.22. The number of carbonyl (C=O) groups is 1. The van der Waals surface area contributed by atoms with Gasteiger partial charge < -0.3 is 4.74 Å². The third-order valence-corrected chi connectivity index (χ3v) is 2.56. The minimum atomic E-state index is -0.0815. The maximum atomic E-state index is 11.6. The highest BCUT2D eigenvalue weighted by atomic mass is 35.5. The quantitative estimate of drug-likeness (QED) is 0.587. The molecular formula is C11H12Cl2O2. The van der Waals surface area contributed by atoms with Crippen molar-refractivity contribution in [1.29, 1.82) is 0 Å². The Labute approximate surface area is 99.1 Å². The van der Waals surface area contributed by atoms with E-state index in [1.807, 2.05) is 6.92 Å². The molecule has 1 rings (SSSR count). The van der Waals surface area contributed by atoms with Crippen LogP contribution in [0.15, 0.2) is 18.2 Å². The minimum absolute atomic E-state index is 0.0815. The van der Waals surface area contributed by atoms with Gasteiger partial charge in [0.2, 0.25) is 0 Å². The predicted molar refractivity (Wildman–Crippen MR) is 61.9 cm³/mol. The Morgan fingerprint density at radius 3 is 2.67 bits per heavy atom. The van der Waals surface area contributed by atoms with E-state index >= 15 is 0 Å². The summed E-state index contributed by atoms with van der Waals surface area (Å²) in [6.07, 6.45) is 0.897. The van der Waals surface area contributed by atoms with Gasteiger partial charge in [-0.2, -0.15) is 0 Å². The lowest BCUT2D eigenvalue weighted by Gasteiger charge is -2.03. The fourth-order valence-corrected chi connectivity index (χ4v) is 1.36. The van der Waals surface area contributed by atoms with E-state index in [1.165, 1.54) is 0 Å². The van der Waals surface area contributed by atoms with Crippen LogP contribution < -0.4 is 0 Å². The molecule has 1 aromatic carbocycles. The second kappa shape index (κ2) is 6.11. The zero-order valence-corrected chi connectivity index (χ0v) is 9.94. The molecule has 0 N–H and O–H groups in total. The molecule has 0 aromatic heterocycles. The van der Waals surface area contributed by atoms with Crippen molar-refractivity contribution in [2.75, 3.05) is 13.2 Å². The first-order valence-corrected chi connectivity index (χ1v) is 5.46. The van der Waals surface area contributed by atoms with Gasteiger partial charge in [0, 0.05) is 12.2 Å². The topological polar surface area (TPSA) is 26.3 Å². The summed E-state index contributed by atoms with van der Waals surface area (Å²) in [6, 6.07) is 4.81. The van der Waals surface area contributed by atoms with E-state index in [4.69, 9.17) is 27.9 Å². The highest BCUT2D eigenvalue weighted by molar-refractivity contribution is 6.42. The van der Waals surface area contributed by atoms with Crippen molar-refractivity contribution < 1.29 is 9.53 Å². The smallest absolute Gasteiger partial charge is 0.188 e. The summed E-state index contributed by atoms with van der Waals surface area (Å²) in [7, 11) is 0. The summed E-state index contributed by atoms with van der Waals surface area (Å²) >= 11 is 11.5. The van der Waals surface area contributed by atoms with E-state index < -0.39 is 0 Å². The molecular weight excluding hydrogens is 235 g/mol. The van der Waals surface area contributed by atoms with Crippen LogP contribution in [0.2, 0.25) is 10.0 Å². The SMILES string of the molecule is CCCOCC(=O)c1ccc(Cl)c(Cl)c1. The Balaban J connectivity index is 2.62. The largest absolute Gasteiger partial charge is 0.373 e. The third-order valence-electron chi connectivity index (χ3n) is 1.82. The number of carbonyl (C=O) groups excluding carboxylic acids is 1. The highest BCUT2D eigenvalue weighted by Gasteiger charge is 2.07. The lowest BCUT2D eigenvalue weighted by atomic mass is 10.1. The average Bonchev–Trinajstić information content (AvgIpc) is 2.22. The Hall–Kier alpha value is -0.570. The van der Waals surface area contributed by atoms with Gasteiger partial charge in [-0.15, -0.1) is 0 Å². The number of ketones is 1. The molecule has 0 saturated heterocycles. The standard InChI is InChI=1S/C11H12Cl2O2/c1-2-5-15-7-11(14)8-3-4-9(12)10(13)6-8/h3-4,6H,2,5,7H2,1H3. The van der Waals surface area contributed by atoms with Gasteiger partial charge in [0.25, 0.3) is 0 Å². The monoisotopic (exact) mass is 246 g/mol. The van der Waals surface area contributed by atoms with E-state index in [2.05, 4.69) is 0 Å². The summed E-state index contributed by atoms with van der Waals surface area (Å²) in [4.78, 5) is 11.6. The van der Waals surface area contributed by atoms with Crippen molar-refractivity contribution in [1.82, 2.24) is 0 Å². The number of ether oxygens (including phenoxy) is 1. The fraction of sp³-hybridized carbons (Fsp3) is 0.364. The molecule has 0 heterocycles. The molecule has 0 spiro atoms. The minimum Gasteiger partial charge on any atom is -0.373 e. The average molecular weight is 247 g/mol. The Bertz CT molecular complexity index is 350. The van der Waals surface area contributed by atoms with Crippen molar-refractivity contribution in [3.05, 3.63) is 33.8 Å². The molecule has 0 amide bonds. The molecule has 0 bridgehead atoms. The van der Waals surface area contributed by atoms with Gasteiger partial charge in [-0.1, -0.05) is 30.1 Å². The van der Waals surface area contributed by atoms with Gasteiger partial charge in [0.1, 0.15) is 6.61 Å². The van der Waals surface area contributed by atoms with E-state index in [-0.39, 0.29) is 12.4 Å². The second-order valence-corrected chi connectivity index (χ2v) is 3.92. The van der Waals surface area contributed by atoms with Gasteiger partial charge in [-0.3, -0.25) is 4.79 Å². The fourth-order valence-electron chi connectivity index (χ4n) is 1.06. The van der Waals surface area contributed by atoms with Crippen LogP contribution in [0, 0.1) is 0 Å². The molecule has 0 aliphatic heterocycles. The van der Waals surface area contributed by atoms with Gasteiger partial charge in [0.05, 0.1) is 10.0 Å². The maximum Gasteiger partial charge on any atom is 0.188 e. The molecule has 0 aliphatic carbocycles. The maximum absolute atomic E-state index is 11.6. The first-order valence-electron chi connectivity index (χ1n) is 4.71. The molecule has 2 nitrogen and oxygen atoms in total. The van der Waals surface area contributed by atoms with Gasteiger partial charge in [0.15, 0.2) is 5.78 Å². The van der Waals surface area contributed by atoms with Crippen LogP contribution in [0.4, 0.5) is 0 Å². The first kappa shape index (κ1) is 12.5. The Morgan fingerprint density at radius 2 is 2.07 bits per heavy atom. The van der Waals surface area contributed by atoms with Gasteiger partial charge in [-0.25, -0.2) is 0 Å². The Morgan fingerprint density at radius 1 is 1.33 bits per heavy atom. The summed E-state index contributed by atoms with van der Waals surface area (Å²) in [6.45, 7) is 2.67. The van der Waals surface area contributed by atoms with Crippen LogP contribution in [0.3, 0.4) is 0 Å². The molecule has 0 fully saturated rings. The summed E-state index contributed by atoms with van der Waals surface area (Å²) in [5.74, 6) is -0.0815. The van der Waals surface area contributed by atoms with Gasteiger partial charge in [-0.05, 0) is 24.6 Å². The van der Waals surface area contributed by atoms with E-state index in [1.54, 1.807) is 18.2 Å². The van der Waals surface area contributed by atoms with Crippen molar-refractivity contribution in [3.8, 4) is 0 Å². The van der Waals surface area contributed by atoms with Crippen molar-refractivity contribution in [3.63, 3.8) is 0 Å². The molecule has 1 aromatic rings. The molecule has 0 atom stereocenters. The molecule has 0 unspecified atom stereocenters. The number of rotatable bonds is 5. The lowest BCUT2D eigenvalue weighted by Crippen LogP contribution is -2.09. The number of benzene rings is 1. The predicted octanol–water partition coefficient (Wildman–Crippen LogP) is 3.60. The van der Waals surface area contributed by atoms with E-state index in [0.717, 1.165) is 6.42 Å². The zero-order valence-electron chi connectivity index (χ0n) is 8.43. The van der Waals surface area contributed by atoms with Crippen molar-refractivity contribution in [2.24, 2.45) is 0 Å². The van der Waals surface area contributed by atoms with Crippen LogP contribution in [-0.2, 0) is 4.74 Å². The van der Waals surface area contributed by atoms with Crippen LogP contribution >= 0.6 is 23.2 Å². The first-order chi connectivity index (χ1) is 7.15. The van der Waals surface area contributed by atoms with Crippen molar-refractivity contribution in [2.45, 2.75) is 13.3 Å². The van der Waals surface area contributed by atoms with E-state index in [0.29, 0.717) is 22.2 Å². The molecule has 0 aliphatic rings. The third kappa shape index (κ3) is 3.82. The molecule has 15 heavy (non-hydrogen) atoms. The number of halogens is 2. The number of hydrogen-bond donors (Lipinski definition) is 0. The van der Waals surface area contributed by atoms with Crippen LogP contribution in [0.1, 0.15) is 23.7 Å². The number of Topliss-reactive ketones (excluding diaryl/α,β-unsaturated/α-hetero) is 1. The normalized spacial score (nSPS) is 10.3. The van der Waals surface area contributed by atoms with Gasteiger partial charge >= 0.3 is 0 Å². The van der Waals surface area contributed by atoms with E-state index in [9.17, 15) is 4.79 Å². The zero-order chi connectivity index (χ0) is 11.3. The summed E-state index contributed by atoms with van der Waals surface area (Å²) in [5.41, 5.74) is 0.528. The molecule has 82 valence electrons. The molecule has 4 heteroatoms. The molecule has 0 radical (unpaired) electrons. The second-order valence-electron chi connectivity index (χ2n) is 3.10. The van der Waals surface area contributed by atoms with Crippen LogP contribution in [0.5, 0.6) is 0 Å². The summed E-state index contributed by atoms with van der Waals surface area (Å²) in [5, 5.41) is 0.834. The lowest BCUT2D eigenvalue weighted by molar-refractivity contribution is 0.0761.